The number of hydrogen-bond acceptors (Lipinski definition) is 4. The lowest BCUT2D eigenvalue weighted by Gasteiger charge is -2.29. The molecule has 6 heteroatoms. The number of rotatable bonds is 3. The number of aromatic amines is 1. The third-order valence-electron chi connectivity index (χ3n) is 3.24. The van der Waals surface area contributed by atoms with Gasteiger partial charge in [-0.3, -0.25) is 14.8 Å². The minimum absolute atomic E-state index is 0.0586. The highest BCUT2D eigenvalue weighted by molar-refractivity contribution is 5.93. The van der Waals surface area contributed by atoms with E-state index in [4.69, 9.17) is 0 Å². The summed E-state index contributed by atoms with van der Waals surface area (Å²) in [6.07, 6.45) is 1.47. The Kier molecular flexibility index (Phi) is 3.98. The Bertz CT molecular complexity index is 410. The van der Waals surface area contributed by atoms with E-state index in [1.807, 2.05) is 18.7 Å². The molecule has 0 bridgehead atoms. The first-order chi connectivity index (χ1) is 8.56. The fourth-order valence-electron chi connectivity index (χ4n) is 2.29. The number of nitrogens with one attached hydrogen (secondary N) is 2. The van der Waals surface area contributed by atoms with Crippen molar-refractivity contribution in [1.29, 1.82) is 0 Å². The lowest BCUT2D eigenvalue weighted by Crippen LogP contribution is -2.42. The van der Waals surface area contributed by atoms with E-state index in [2.05, 4.69) is 15.5 Å². The second kappa shape index (κ2) is 5.49. The fraction of sp³-hybridized carbons (Fsp3) is 0.667. The molecular weight excluding hydrogens is 232 g/mol. The predicted octanol–water partition coefficient (Wildman–Crippen LogP) is 0.422. The zero-order valence-electron chi connectivity index (χ0n) is 10.9. The first-order valence-corrected chi connectivity index (χ1v) is 6.28. The molecule has 0 spiro atoms. The Morgan fingerprint density at radius 3 is 3.00 bits per heavy atom. The van der Waals surface area contributed by atoms with Gasteiger partial charge in [0, 0.05) is 6.54 Å². The van der Waals surface area contributed by atoms with Crippen LogP contribution in [0.4, 0.5) is 5.69 Å². The molecule has 1 aliphatic heterocycles. The number of aliphatic hydroxyl groups excluding tert-OH is 1. The van der Waals surface area contributed by atoms with Crippen LogP contribution in [0.15, 0.2) is 0 Å². The van der Waals surface area contributed by atoms with Crippen LogP contribution < -0.4 is 5.32 Å². The van der Waals surface area contributed by atoms with Crippen molar-refractivity contribution >= 4 is 11.6 Å². The van der Waals surface area contributed by atoms with Gasteiger partial charge in [0.25, 0.3) is 0 Å². The molecule has 0 unspecified atom stereocenters. The summed E-state index contributed by atoms with van der Waals surface area (Å²) in [4.78, 5) is 13.9. The van der Waals surface area contributed by atoms with Gasteiger partial charge in [-0.1, -0.05) is 0 Å². The molecule has 1 aliphatic rings. The molecule has 1 fully saturated rings. The minimum Gasteiger partial charge on any atom is -0.392 e. The van der Waals surface area contributed by atoms with Gasteiger partial charge in [0.15, 0.2) is 0 Å². The van der Waals surface area contributed by atoms with Crippen LogP contribution >= 0.6 is 0 Å². The zero-order valence-corrected chi connectivity index (χ0v) is 10.9. The van der Waals surface area contributed by atoms with Crippen molar-refractivity contribution in [2.75, 3.05) is 25.0 Å². The van der Waals surface area contributed by atoms with Gasteiger partial charge in [0.05, 0.1) is 29.7 Å². The summed E-state index contributed by atoms with van der Waals surface area (Å²) < 4.78 is 0. The Labute approximate surface area is 106 Å². The van der Waals surface area contributed by atoms with Crippen molar-refractivity contribution in [1.82, 2.24) is 15.1 Å². The normalized spacial score (nSPS) is 20.9. The molecule has 1 aromatic heterocycles. The van der Waals surface area contributed by atoms with Crippen molar-refractivity contribution < 1.29 is 9.90 Å². The van der Waals surface area contributed by atoms with Crippen LogP contribution in [0.2, 0.25) is 0 Å². The summed E-state index contributed by atoms with van der Waals surface area (Å²) in [5.41, 5.74) is 2.41. The summed E-state index contributed by atoms with van der Waals surface area (Å²) in [5.74, 6) is -0.0586. The van der Waals surface area contributed by atoms with E-state index in [1.54, 1.807) is 0 Å². The van der Waals surface area contributed by atoms with Crippen LogP contribution in [0.25, 0.3) is 0 Å². The number of aromatic nitrogens is 2. The molecule has 0 radical (unpaired) electrons. The number of amides is 1. The highest BCUT2D eigenvalue weighted by Crippen LogP contribution is 2.16. The number of carbonyl (C=O) groups is 1. The van der Waals surface area contributed by atoms with Crippen molar-refractivity contribution in [2.45, 2.75) is 32.8 Å². The van der Waals surface area contributed by atoms with Gasteiger partial charge in [-0.2, -0.15) is 5.10 Å². The monoisotopic (exact) mass is 252 g/mol. The van der Waals surface area contributed by atoms with Crippen molar-refractivity contribution in [3.8, 4) is 0 Å². The number of carbonyl (C=O) groups excluding carboxylic acids is 1. The third-order valence-corrected chi connectivity index (χ3v) is 3.24. The number of piperidine rings is 1. The summed E-state index contributed by atoms with van der Waals surface area (Å²) in [7, 11) is 0. The lowest BCUT2D eigenvalue weighted by atomic mass is 10.1. The van der Waals surface area contributed by atoms with Gasteiger partial charge in [-0.25, -0.2) is 0 Å². The number of nitrogens with zero attached hydrogens (tertiary/aromatic N) is 2. The third kappa shape index (κ3) is 3.08. The molecule has 2 heterocycles. The molecule has 1 amide bonds. The average molecular weight is 252 g/mol. The number of likely N-dealkylation sites (tertiary alicyclic amines) is 1. The zero-order chi connectivity index (χ0) is 13.1. The molecular formula is C12H20N4O2. The Hall–Kier alpha value is -1.40. The lowest BCUT2D eigenvalue weighted by molar-refractivity contribution is -0.118. The largest absolute Gasteiger partial charge is 0.392 e. The average Bonchev–Trinajstić information content (AvgIpc) is 2.61. The van der Waals surface area contributed by atoms with Crippen LogP contribution in [0, 0.1) is 13.8 Å². The van der Waals surface area contributed by atoms with Gasteiger partial charge in [0.1, 0.15) is 0 Å². The van der Waals surface area contributed by atoms with Crippen LogP contribution in [-0.2, 0) is 4.79 Å². The SMILES string of the molecule is Cc1n[nH]c(C)c1NC(=O)CN1CCC[C@H](O)C1. The Balaban J connectivity index is 1.89. The second-order valence-electron chi connectivity index (χ2n) is 4.89. The van der Waals surface area contributed by atoms with Gasteiger partial charge in [-0.05, 0) is 33.2 Å². The quantitative estimate of drug-likeness (QED) is 0.728. The van der Waals surface area contributed by atoms with Crippen molar-refractivity contribution in [2.24, 2.45) is 0 Å². The van der Waals surface area contributed by atoms with Gasteiger partial charge in [-0.15, -0.1) is 0 Å². The van der Waals surface area contributed by atoms with Gasteiger partial charge >= 0.3 is 0 Å². The topological polar surface area (TPSA) is 81.2 Å². The Morgan fingerprint density at radius 2 is 2.39 bits per heavy atom. The molecule has 1 saturated heterocycles. The summed E-state index contributed by atoms with van der Waals surface area (Å²) >= 11 is 0. The van der Waals surface area contributed by atoms with Crippen LogP contribution in [0.1, 0.15) is 24.2 Å². The number of anilines is 1. The predicted molar refractivity (Wildman–Crippen MR) is 68.4 cm³/mol. The van der Waals surface area contributed by atoms with E-state index in [0.717, 1.165) is 36.5 Å². The van der Waals surface area contributed by atoms with E-state index in [0.29, 0.717) is 13.1 Å². The smallest absolute Gasteiger partial charge is 0.238 e. The molecule has 100 valence electrons. The molecule has 6 nitrogen and oxygen atoms in total. The molecule has 1 atom stereocenters. The number of hydrogen-bond donors (Lipinski definition) is 3. The van der Waals surface area contributed by atoms with E-state index >= 15 is 0 Å². The van der Waals surface area contributed by atoms with Gasteiger partial charge < -0.3 is 10.4 Å². The van der Waals surface area contributed by atoms with Gasteiger partial charge in [0.2, 0.25) is 5.91 Å². The molecule has 0 aliphatic carbocycles. The molecule has 2 rings (SSSR count). The molecule has 18 heavy (non-hydrogen) atoms. The molecule has 0 aromatic carbocycles. The molecule has 1 aromatic rings. The maximum Gasteiger partial charge on any atom is 0.238 e. The Morgan fingerprint density at radius 1 is 1.61 bits per heavy atom. The van der Waals surface area contributed by atoms with Crippen molar-refractivity contribution in [3.63, 3.8) is 0 Å². The fourth-order valence-corrected chi connectivity index (χ4v) is 2.29. The second-order valence-corrected chi connectivity index (χ2v) is 4.89. The first kappa shape index (κ1) is 13.0. The summed E-state index contributed by atoms with van der Waals surface area (Å²) in [6, 6.07) is 0. The number of H-pyrrole nitrogens is 1. The number of aryl methyl sites for hydroxylation is 2. The molecule has 3 N–H and O–H groups in total. The highest BCUT2D eigenvalue weighted by Gasteiger charge is 2.20. The number of aliphatic hydroxyl groups is 1. The van der Waals surface area contributed by atoms with Crippen molar-refractivity contribution in [3.05, 3.63) is 11.4 Å². The highest BCUT2D eigenvalue weighted by atomic mass is 16.3. The summed E-state index contributed by atoms with van der Waals surface area (Å²) in [6.45, 7) is 5.50. The van der Waals surface area contributed by atoms with Crippen LogP contribution in [0.5, 0.6) is 0 Å². The van der Waals surface area contributed by atoms with E-state index < -0.39 is 0 Å². The minimum atomic E-state index is -0.302. The van der Waals surface area contributed by atoms with Crippen LogP contribution in [-0.4, -0.2) is 51.8 Å². The van der Waals surface area contributed by atoms with Crippen LogP contribution in [0.3, 0.4) is 0 Å². The van der Waals surface area contributed by atoms with E-state index in [-0.39, 0.29) is 12.0 Å². The maximum absolute atomic E-state index is 11.9. The first-order valence-electron chi connectivity index (χ1n) is 6.28. The van der Waals surface area contributed by atoms with E-state index in [9.17, 15) is 9.90 Å². The maximum atomic E-state index is 11.9. The van der Waals surface area contributed by atoms with E-state index in [1.165, 1.54) is 0 Å². The standard InChI is InChI=1S/C12H20N4O2/c1-8-12(9(2)15-14-8)13-11(18)7-16-5-3-4-10(17)6-16/h10,17H,3-7H2,1-2H3,(H,13,18)(H,14,15)/t10-/m0/s1. The number of β-amino-alcohol motifs (C(OH)–C–C–N with tert-alkyl or cyclic N) is 1. The molecule has 0 saturated carbocycles. The summed E-state index contributed by atoms with van der Waals surface area (Å²) in [5, 5.41) is 19.3.